The van der Waals surface area contributed by atoms with Crippen molar-refractivity contribution in [2.24, 2.45) is 0 Å². The van der Waals surface area contributed by atoms with Crippen molar-refractivity contribution in [1.29, 1.82) is 0 Å². The van der Waals surface area contributed by atoms with Crippen LogP contribution in [0.2, 0.25) is 0 Å². The summed E-state index contributed by atoms with van der Waals surface area (Å²) in [6.45, 7) is 6.01. The van der Waals surface area contributed by atoms with E-state index in [9.17, 15) is 9.90 Å². The van der Waals surface area contributed by atoms with Crippen LogP contribution in [0.4, 0.5) is 0 Å². The molecule has 6 heteroatoms. The fourth-order valence-corrected chi connectivity index (χ4v) is 4.44. The van der Waals surface area contributed by atoms with E-state index in [2.05, 4.69) is 47.4 Å². The predicted octanol–water partition coefficient (Wildman–Crippen LogP) is 3.60. The van der Waals surface area contributed by atoms with E-state index in [1.165, 1.54) is 29.2 Å². The van der Waals surface area contributed by atoms with E-state index in [0.717, 1.165) is 21.3 Å². The number of thioether (sulfide) groups is 1. The zero-order chi connectivity index (χ0) is 17.3. The molecule has 124 valence electrons. The number of aliphatic carboxylic acids is 1. The van der Waals surface area contributed by atoms with Gasteiger partial charge in [0, 0.05) is 10.9 Å². The van der Waals surface area contributed by atoms with Crippen molar-refractivity contribution in [3.05, 3.63) is 41.0 Å². The summed E-state index contributed by atoms with van der Waals surface area (Å²) in [6, 6.07) is 6.33. The van der Waals surface area contributed by atoms with Crippen molar-refractivity contribution in [1.82, 2.24) is 9.97 Å². The number of aryl methyl sites for hydroxylation is 2. The summed E-state index contributed by atoms with van der Waals surface area (Å²) in [4.78, 5) is 20.8. The number of carboxylic acids is 1. The fourth-order valence-electron chi connectivity index (χ4n) is 2.49. The number of nitrogens with zero attached hydrogens (tertiary/aromatic N) is 2. The third kappa shape index (κ3) is 3.16. The minimum Gasteiger partial charge on any atom is -0.549 e. The molecule has 0 aliphatic carbocycles. The number of fused-ring (bicyclic) bond motifs is 1. The van der Waals surface area contributed by atoms with Crippen molar-refractivity contribution >= 4 is 39.3 Å². The Hall–Kier alpha value is -1.92. The SMILES string of the molecule is CC[C@H](Sc1ncnc2scc(-c3ccc(C)c(C)c3)c12)C(=O)[O-]. The van der Waals surface area contributed by atoms with Gasteiger partial charge in [0.1, 0.15) is 16.2 Å². The van der Waals surface area contributed by atoms with Gasteiger partial charge < -0.3 is 9.90 Å². The van der Waals surface area contributed by atoms with Crippen LogP contribution in [0.25, 0.3) is 21.3 Å². The number of hydrogen-bond acceptors (Lipinski definition) is 6. The molecule has 24 heavy (non-hydrogen) atoms. The molecule has 0 radical (unpaired) electrons. The molecule has 3 aromatic rings. The summed E-state index contributed by atoms with van der Waals surface area (Å²) < 4.78 is 0. The number of carbonyl (C=O) groups excluding carboxylic acids is 1. The van der Waals surface area contributed by atoms with Crippen LogP contribution in [-0.4, -0.2) is 21.2 Å². The number of rotatable bonds is 5. The maximum absolute atomic E-state index is 11.3. The van der Waals surface area contributed by atoms with E-state index in [1.54, 1.807) is 11.3 Å². The van der Waals surface area contributed by atoms with Gasteiger partial charge in [0.05, 0.1) is 16.6 Å². The van der Waals surface area contributed by atoms with E-state index in [4.69, 9.17) is 0 Å². The van der Waals surface area contributed by atoms with Gasteiger partial charge in [-0.2, -0.15) is 0 Å². The minimum atomic E-state index is -1.06. The molecule has 2 aromatic heterocycles. The molecular weight excluding hydrogens is 340 g/mol. The van der Waals surface area contributed by atoms with Gasteiger partial charge in [-0.25, -0.2) is 9.97 Å². The first-order valence-electron chi connectivity index (χ1n) is 7.68. The van der Waals surface area contributed by atoms with Gasteiger partial charge in [0.2, 0.25) is 0 Å². The van der Waals surface area contributed by atoms with Crippen molar-refractivity contribution in [3.8, 4) is 11.1 Å². The van der Waals surface area contributed by atoms with Crippen LogP contribution >= 0.6 is 23.1 Å². The minimum absolute atomic E-state index is 0.488. The third-order valence-electron chi connectivity index (χ3n) is 4.04. The Bertz CT molecular complexity index is 905. The van der Waals surface area contributed by atoms with Crippen molar-refractivity contribution in [2.45, 2.75) is 37.5 Å². The quantitative estimate of drug-likeness (QED) is 0.516. The molecule has 0 N–H and O–H groups in total. The van der Waals surface area contributed by atoms with E-state index in [0.29, 0.717) is 11.4 Å². The normalized spacial score (nSPS) is 12.5. The summed E-state index contributed by atoms with van der Waals surface area (Å²) in [5, 5.41) is 14.3. The Morgan fingerprint density at radius 2 is 2.08 bits per heavy atom. The smallest absolute Gasteiger partial charge is 0.128 e. The van der Waals surface area contributed by atoms with Crippen molar-refractivity contribution < 1.29 is 9.90 Å². The highest BCUT2D eigenvalue weighted by molar-refractivity contribution is 8.00. The molecular formula is C18H17N2O2S2-. The zero-order valence-electron chi connectivity index (χ0n) is 13.7. The van der Waals surface area contributed by atoms with Gasteiger partial charge in [-0.1, -0.05) is 36.9 Å². The largest absolute Gasteiger partial charge is 0.549 e. The summed E-state index contributed by atoms with van der Waals surface area (Å²) >= 11 is 2.79. The van der Waals surface area contributed by atoms with Crippen molar-refractivity contribution in [3.63, 3.8) is 0 Å². The fraction of sp³-hybridized carbons (Fsp3) is 0.278. The number of thiophene rings is 1. The predicted molar refractivity (Wildman–Crippen MR) is 97.3 cm³/mol. The number of hydrogen-bond donors (Lipinski definition) is 0. The first kappa shape index (κ1) is 16.9. The number of carbonyl (C=O) groups is 1. The lowest BCUT2D eigenvalue weighted by molar-refractivity contribution is -0.304. The van der Waals surface area contributed by atoms with Gasteiger partial charge in [-0.15, -0.1) is 11.3 Å². The topological polar surface area (TPSA) is 65.9 Å². The Balaban J connectivity index is 2.13. The first-order chi connectivity index (χ1) is 11.5. The average Bonchev–Trinajstić information content (AvgIpc) is 2.99. The lowest BCUT2D eigenvalue weighted by Gasteiger charge is -2.15. The highest BCUT2D eigenvalue weighted by atomic mass is 32.2. The lowest BCUT2D eigenvalue weighted by Crippen LogP contribution is -2.33. The summed E-state index contributed by atoms with van der Waals surface area (Å²) in [5.41, 5.74) is 4.61. The molecule has 3 rings (SSSR count). The van der Waals surface area contributed by atoms with Crippen LogP contribution in [-0.2, 0) is 4.79 Å². The van der Waals surface area contributed by atoms with E-state index in [-0.39, 0.29) is 0 Å². The first-order valence-corrected chi connectivity index (χ1v) is 9.44. The third-order valence-corrected chi connectivity index (χ3v) is 6.27. The zero-order valence-corrected chi connectivity index (χ0v) is 15.3. The maximum atomic E-state index is 11.3. The molecule has 0 unspecified atom stereocenters. The van der Waals surface area contributed by atoms with Gasteiger partial charge in [0.15, 0.2) is 0 Å². The molecule has 0 bridgehead atoms. The van der Waals surface area contributed by atoms with E-state index in [1.807, 2.05) is 6.92 Å². The Kier molecular flexibility index (Phi) is 4.87. The van der Waals surface area contributed by atoms with Crippen LogP contribution in [0.1, 0.15) is 24.5 Å². The number of aromatic nitrogens is 2. The second-order valence-corrected chi connectivity index (χ2v) is 7.69. The van der Waals surface area contributed by atoms with Crippen molar-refractivity contribution in [2.75, 3.05) is 0 Å². The van der Waals surface area contributed by atoms with E-state index >= 15 is 0 Å². The monoisotopic (exact) mass is 357 g/mol. The van der Waals surface area contributed by atoms with Crippen LogP contribution in [0, 0.1) is 13.8 Å². The second kappa shape index (κ2) is 6.91. The van der Waals surface area contributed by atoms with Crippen LogP contribution in [0.3, 0.4) is 0 Å². The molecule has 1 aromatic carbocycles. The molecule has 2 heterocycles. The average molecular weight is 357 g/mol. The van der Waals surface area contributed by atoms with Crippen LogP contribution in [0.15, 0.2) is 34.9 Å². The van der Waals surface area contributed by atoms with Crippen LogP contribution in [0.5, 0.6) is 0 Å². The Morgan fingerprint density at radius 1 is 1.29 bits per heavy atom. The number of benzene rings is 1. The standard InChI is InChI=1S/C18H18N2O2S2/c1-4-14(18(21)22)24-17-15-13(8-23-16(15)19-9-20-17)12-6-5-10(2)11(3)7-12/h5-9,14H,4H2,1-3H3,(H,21,22)/p-1/t14-/m0/s1. The summed E-state index contributed by atoms with van der Waals surface area (Å²) in [7, 11) is 0. The molecule has 0 aliphatic heterocycles. The molecule has 0 saturated carbocycles. The van der Waals surface area contributed by atoms with Crippen LogP contribution < -0.4 is 5.11 Å². The molecule has 1 atom stereocenters. The lowest BCUT2D eigenvalue weighted by atomic mass is 10.0. The molecule has 4 nitrogen and oxygen atoms in total. The Labute approximate surface area is 149 Å². The second-order valence-electron chi connectivity index (χ2n) is 5.64. The van der Waals surface area contributed by atoms with Gasteiger partial charge in [-0.3, -0.25) is 0 Å². The molecule has 0 fully saturated rings. The Morgan fingerprint density at radius 3 is 2.75 bits per heavy atom. The maximum Gasteiger partial charge on any atom is 0.128 e. The molecule has 0 aliphatic rings. The molecule has 0 saturated heterocycles. The van der Waals surface area contributed by atoms with Gasteiger partial charge in [-0.05, 0) is 37.0 Å². The summed E-state index contributed by atoms with van der Waals surface area (Å²) in [6.07, 6.45) is 1.98. The highest BCUT2D eigenvalue weighted by Crippen LogP contribution is 2.39. The summed E-state index contributed by atoms with van der Waals surface area (Å²) in [5.74, 6) is -1.06. The number of carboxylic acid groups (broad SMARTS) is 1. The molecule has 0 spiro atoms. The highest BCUT2D eigenvalue weighted by Gasteiger charge is 2.17. The molecule has 0 amide bonds. The van der Waals surface area contributed by atoms with E-state index < -0.39 is 11.2 Å². The van der Waals surface area contributed by atoms with Gasteiger partial charge >= 0.3 is 0 Å². The van der Waals surface area contributed by atoms with Gasteiger partial charge in [0.25, 0.3) is 0 Å².